The van der Waals surface area contributed by atoms with E-state index in [1.54, 1.807) is 0 Å². The van der Waals surface area contributed by atoms with Crippen molar-refractivity contribution in [3.8, 4) is 6.07 Å². The van der Waals surface area contributed by atoms with Gasteiger partial charge in [0, 0.05) is 25.8 Å². The normalized spacial score (nSPS) is 10.8. The Morgan fingerprint density at radius 1 is 1.47 bits per heavy atom. The van der Waals surface area contributed by atoms with Gasteiger partial charge in [-0.05, 0) is 31.5 Å². The molecule has 0 radical (unpaired) electrons. The van der Waals surface area contributed by atoms with Gasteiger partial charge < -0.3 is 9.67 Å². The molecule has 1 aromatic heterocycles. The van der Waals surface area contributed by atoms with E-state index in [4.69, 9.17) is 10.4 Å². The molecule has 0 spiro atoms. The van der Waals surface area contributed by atoms with Gasteiger partial charge in [0.1, 0.15) is 11.8 Å². The molecule has 4 heteroatoms. The molecule has 17 heavy (non-hydrogen) atoms. The number of nitrogens with zero attached hydrogens (tertiary/aromatic N) is 3. The van der Waals surface area contributed by atoms with Gasteiger partial charge in [-0.15, -0.1) is 0 Å². The summed E-state index contributed by atoms with van der Waals surface area (Å²) in [5.41, 5.74) is 2.99. The molecule has 0 unspecified atom stereocenters. The van der Waals surface area contributed by atoms with Crippen LogP contribution in [0.3, 0.4) is 0 Å². The molecule has 0 saturated heterocycles. The van der Waals surface area contributed by atoms with E-state index in [1.165, 1.54) is 5.56 Å². The number of aliphatic hydroxyl groups excluding tert-OH is 1. The van der Waals surface area contributed by atoms with Crippen molar-refractivity contribution in [2.24, 2.45) is 7.05 Å². The second-order valence-electron chi connectivity index (χ2n) is 4.31. The Kier molecular flexibility index (Phi) is 5.20. The van der Waals surface area contributed by atoms with Crippen LogP contribution in [0.25, 0.3) is 0 Å². The minimum atomic E-state index is 0.178. The van der Waals surface area contributed by atoms with Crippen LogP contribution < -0.4 is 0 Å². The average Bonchev–Trinajstić information content (AvgIpc) is 2.58. The summed E-state index contributed by atoms with van der Waals surface area (Å²) in [6, 6.07) is 4.13. The minimum absolute atomic E-state index is 0.178. The van der Waals surface area contributed by atoms with Crippen molar-refractivity contribution in [1.29, 1.82) is 5.26 Å². The lowest BCUT2D eigenvalue weighted by Gasteiger charge is -2.20. The van der Waals surface area contributed by atoms with Crippen molar-refractivity contribution < 1.29 is 5.11 Å². The van der Waals surface area contributed by atoms with E-state index in [1.807, 2.05) is 24.6 Å². The summed E-state index contributed by atoms with van der Waals surface area (Å²) in [6.07, 6.45) is 1.07. The van der Waals surface area contributed by atoms with Crippen molar-refractivity contribution in [3.05, 3.63) is 23.0 Å². The molecule has 0 fully saturated rings. The summed E-state index contributed by atoms with van der Waals surface area (Å²) in [5, 5.41) is 18.0. The fraction of sp³-hybridized carbons (Fsp3) is 0.615. The fourth-order valence-corrected chi connectivity index (χ4v) is 2.00. The molecule has 4 nitrogen and oxygen atoms in total. The third kappa shape index (κ3) is 3.32. The smallest absolute Gasteiger partial charge is 0.120 e. The molecule has 0 aliphatic carbocycles. The summed E-state index contributed by atoms with van der Waals surface area (Å²) in [4.78, 5) is 2.21. The first-order valence-electron chi connectivity index (χ1n) is 6.02. The van der Waals surface area contributed by atoms with Gasteiger partial charge >= 0.3 is 0 Å². The zero-order valence-electron chi connectivity index (χ0n) is 10.9. The van der Waals surface area contributed by atoms with E-state index in [-0.39, 0.29) is 6.61 Å². The van der Waals surface area contributed by atoms with Crippen LogP contribution in [0.5, 0.6) is 0 Å². The van der Waals surface area contributed by atoms with Gasteiger partial charge in [0.25, 0.3) is 0 Å². The van der Waals surface area contributed by atoms with Crippen molar-refractivity contribution in [2.75, 3.05) is 19.7 Å². The quantitative estimate of drug-likeness (QED) is 0.811. The first-order chi connectivity index (χ1) is 8.13. The van der Waals surface area contributed by atoms with E-state index < -0.39 is 0 Å². The van der Waals surface area contributed by atoms with Gasteiger partial charge in [-0.25, -0.2) is 0 Å². The van der Waals surface area contributed by atoms with Crippen molar-refractivity contribution in [3.63, 3.8) is 0 Å². The molecule has 1 rings (SSSR count). The summed E-state index contributed by atoms with van der Waals surface area (Å²) in [6.45, 7) is 6.79. The van der Waals surface area contributed by atoms with E-state index in [0.29, 0.717) is 12.2 Å². The zero-order valence-corrected chi connectivity index (χ0v) is 10.9. The lowest BCUT2D eigenvalue weighted by Crippen LogP contribution is -2.27. The summed E-state index contributed by atoms with van der Waals surface area (Å²) < 4.78 is 1.92. The number of aliphatic hydroxyl groups is 1. The predicted octanol–water partition coefficient (Wildman–Crippen LogP) is 1.41. The predicted molar refractivity (Wildman–Crippen MR) is 67.5 cm³/mol. The Labute approximate surface area is 103 Å². The largest absolute Gasteiger partial charge is 0.395 e. The molecular formula is C13H21N3O. The Bertz CT molecular complexity index is 398. The maximum atomic E-state index is 9.02. The monoisotopic (exact) mass is 235 g/mol. The Morgan fingerprint density at radius 3 is 2.65 bits per heavy atom. The SMILES string of the molecule is CCCN(CCO)Cc1cc(C#N)n(C)c1C. The second-order valence-corrected chi connectivity index (χ2v) is 4.31. The summed E-state index contributed by atoms with van der Waals surface area (Å²) >= 11 is 0. The van der Waals surface area contributed by atoms with Crippen molar-refractivity contribution >= 4 is 0 Å². The van der Waals surface area contributed by atoms with E-state index in [0.717, 1.165) is 25.2 Å². The van der Waals surface area contributed by atoms with Gasteiger partial charge in [-0.3, -0.25) is 4.90 Å². The van der Waals surface area contributed by atoms with Crippen LogP contribution in [0.4, 0.5) is 0 Å². The lowest BCUT2D eigenvalue weighted by molar-refractivity contribution is 0.190. The summed E-state index contributed by atoms with van der Waals surface area (Å²) in [5.74, 6) is 0. The maximum absolute atomic E-state index is 9.02. The third-order valence-electron chi connectivity index (χ3n) is 3.10. The number of hydrogen-bond acceptors (Lipinski definition) is 3. The van der Waals surface area contributed by atoms with Crippen molar-refractivity contribution in [2.45, 2.75) is 26.8 Å². The molecule has 1 heterocycles. The molecule has 0 atom stereocenters. The maximum Gasteiger partial charge on any atom is 0.120 e. The Morgan fingerprint density at radius 2 is 2.18 bits per heavy atom. The van der Waals surface area contributed by atoms with E-state index >= 15 is 0 Å². The Hall–Kier alpha value is -1.31. The lowest BCUT2D eigenvalue weighted by atomic mass is 10.2. The third-order valence-corrected chi connectivity index (χ3v) is 3.10. The van der Waals surface area contributed by atoms with Crippen LogP contribution in [0.1, 0.15) is 30.3 Å². The number of nitriles is 1. The molecule has 0 aromatic carbocycles. The van der Waals surface area contributed by atoms with E-state index in [9.17, 15) is 0 Å². The van der Waals surface area contributed by atoms with Crippen LogP contribution >= 0.6 is 0 Å². The van der Waals surface area contributed by atoms with Gasteiger partial charge in [0.2, 0.25) is 0 Å². The number of aromatic nitrogens is 1. The van der Waals surface area contributed by atoms with E-state index in [2.05, 4.69) is 17.9 Å². The van der Waals surface area contributed by atoms with Crippen LogP contribution in [0.2, 0.25) is 0 Å². The molecule has 94 valence electrons. The highest BCUT2D eigenvalue weighted by molar-refractivity contribution is 5.34. The van der Waals surface area contributed by atoms with Gasteiger partial charge in [0.15, 0.2) is 0 Å². The van der Waals surface area contributed by atoms with Crippen molar-refractivity contribution in [1.82, 2.24) is 9.47 Å². The molecule has 0 saturated carbocycles. The highest BCUT2D eigenvalue weighted by Crippen LogP contribution is 2.15. The topological polar surface area (TPSA) is 52.2 Å². The number of rotatable bonds is 6. The molecule has 1 aromatic rings. The standard InChI is InChI=1S/C13H21N3O/c1-4-5-16(6-7-17)10-12-8-13(9-14)15(3)11(12)2/h8,17H,4-7,10H2,1-3H3. The van der Waals surface area contributed by atoms with Gasteiger partial charge in [0.05, 0.1) is 6.61 Å². The molecule has 1 N–H and O–H groups in total. The molecule has 0 bridgehead atoms. The minimum Gasteiger partial charge on any atom is -0.395 e. The average molecular weight is 235 g/mol. The van der Waals surface area contributed by atoms with Crippen LogP contribution in [-0.4, -0.2) is 34.3 Å². The zero-order chi connectivity index (χ0) is 12.8. The Balaban J connectivity index is 2.82. The van der Waals surface area contributed by atoms with Gasteiger partial charge in [-0.2, -0.15) is 5.26 Å². The first-order valence-corrected chi connectivity index (χ1v) is 6.02. The first kappa shape index (κ1) is 13.8. The highest BCUT2D eigenvalue weighted by atomic mass is 16.3. The molecule has 0 amide bonds. The molecule has 0 aliphatic rings. The van der Waals surface area contributed by atoms with Crippen LogP contribution in [-0.2, 0) is 13.6 Å². The van der Waals surface area contributed by atoms with Gasteiger partial charge in [-0.1, -0.05) is 6.92 Å². The number of hydrogen-bond donors (Lipinski definition) is 1. The van der Waals surface area contributed by atoms with Crippen LogP contribution in [0.15, 0.2) is 6.07 Å². The summed E-state index contributed by atoms with van der Waals surface area (Å²) in [7, 11) is 1.91. The second kappa shape index (κ2) is 6.43. The molecular weight excluding hydrogens is 214 g/mol. The highest BCUT2D eigenvalue weighted by Gasteiger charge is 2.11. The fourth-order valence-electron chi connectivity index (χ4n) is 2.00. The van der Waals surface area contributed by atoms with Crippen LogP contribution in [0, 0.1) is 18.3 Å². The molecule has 0 aliphatic heterocycles.